The predicted octanol–water partition coefficient (Wildman–Crippen LogP) is 2.45. The quantitative estimate of drug-likeness (QED) is 0.775. The summed E-state index contributed by atoms with van der Waals surface area (Å²) in [5, 5.41) is 7.67. The van der Waals surface area contributed by atoms with E-state index >= 15 is 0 Å². The smallest absolute Gasteiger partial charge is 0.263 e. The van der Waals surface area contributed by atoms with Crippen molar-refractivity contribution < 1.29 is 9.32 Å². The fourth-order valence-electron chi connectivity index (χ4n) is 1.77. The van der Waals surface area contributed by atoms with E-state index in [1.165, 1.54) is 17.7 Å². The SMILES string of the molecule is Nc1c(C(=O)NCc2ncon2)sc2ccc(Cl)cc12. The largest absolute Gasteiger partial charge is 0.397 e. The number of amides is 1. The minimum Gasteiger partial charge on any atom is -0.397 e. The first kappa shape index (κ1) is 12.9. The van der Waals surface area contributed by atoms with Crippen molar-refractivity contribution >= 4 is 44.6 Å². The Morgan fingerprint density at radius 2 is 2.35 bits per heavy atom. The van der Waals surface area contributed by atoms with Crippen molar-refractivity contribution in [3.05, 3.63) is 40.3 Å². The van der Waals surface area contributed by atoms with E-state index in [1.54, 1.807) is 12.1 Å². The van der Waals surface area contributed by atoms with Crippen LogP contribution in [-0.2, 0) is 6.54 Å². The lowest BCUT2D eigenvalue weighted by Crippen LogP contribution is -2.23. The molecule has 0 fully saturated rings. The zero-order valence-electron chi connectivity index (χ0n) is 10.1. The van der Waals surface area contributed by atoms with Crippen LogP contribution >= 0.6 is 22.9 Å². The van der Waals surface area contributed by atoms with Crippen molar-refractivity contribution in [1.82, 2.24) is 15.5 Å². The summed E-state index contributed by atoms with van der Waals surface area (Å²) in [4.78, 5) is 16.4. The Hall–Kier alpha value is -2.12. The number of carbonyl (C=O) groups excluding carboxylic acids is 1. The summed E-state index contributed by atoms with van der Waals surface area (Å²) in [6.07, 6.45) is 1.21. The molecule has 0 spiro atoms. The van der Waals surface area contributed by atoms with Crippen LogP contribution in [0.15, 0.2) is 29.1 Å². The standard InChI is InChI=1S/C12H9ClN4O2S/c13-6-1-2-8-7(3-6)10(14)11(20-8)12(18)15-4-9-16-5-19-17-9/h1-3,5H,4,14H2,(H,15,18). The molecule has 1 amide bonds. The van der Waals surface area contributed by atoms with Gasteiger partial charge in [-0.15, -0.1) is 11.3 Å². The van der Waals surface area contributed by atoms with Crippen molar-refractivity contribution in [2.45, 2.75) is 6.54 Å². The van der Waals surface area contributed by atoms with Crippen molar-refractivity contribution in [3.8, 4) is 0 Å². The lowest BCUT2D eigenvalue weighted by molar-refractivity contribution is 0.0954. The van der Waals surface area contributed by atoms with Gasteiger partial charge in [-0.25, -0.2) is 0 Å². The number of halogens is 1. The number of hydrogen-bond acceptors (Lipinski definition) is 6. The Kier molecular flexibility index (Phi) is 3.29. The second-order valence-electron chi connectivity index (χ2n) is 4.02. The number of hydrogen-bond donors (Lipinski definition) is 2. The van der Waals surface area contributed by atoms with Gasteiger partial charge in [-0.05, 0) is 18.2 Å². The Bertz CT molecular complexity index is 769. The molecule has 0 aliphatic carbocycles. The molecular weight excluding hydrogens is 300 g/mol. The number of thiophene rings is 1. The minimum absolute atomic E-state index is 0.184. The van der Waals surface area contributed by atoms with Gasteiger partial charge in [0.1, 0.15) is 4.88 Å². The van der Waals surface area contributed by atoms with Gasteiger partial charge < -0.3 is 15.6 Å². The minimum atomic E-state index is -0.273. The van der Waals surface area contributed by atoms with E-state index < -0.39 is 0 Å². The van der Waals surface area contributed by atoms with Gasteiger partial charge in [0.2, 0.25) is 6.39 Å². The number of nitrogens with two attached hydrogens (primary N) is 1. The van der Waals surface area contributed by atoms with Crippen LogP contribution in [0, 0.1) is 0 Å². The Morgan fingerprint density at radius 3 is 3.10 bits per heavy atom. The molecule has 8 heteroatoms. The monoisotopic (exact) mass is 308 g/mol. The molecule has 3 N–H and O–H groups in total. The van der Waals surface area contributed by atoms with Crippen molar-refractivity contribution in [3.63, 3.8) is 0 Å². The summed E-state index contributed by atoms with van der Waals surface area (Å²) in [5.41, 5.74) is 6.43. The number of carbonyl (C=O) groups is 1. The fourth-order valence-corrected chi connectivity index (χ4v) is 2.96. The van der Waals surface area contributed by atoms with Crippen molar-refractivity contribution in [2.24, 2.45) is 0 Å². The molecule has 1 aromatic carbocycles. The highest BCUT2D eigenvalue weighted by Gasteiger charge is 2.16. The number of nitrogens with zero attached hydrogens (tertiary/aromatic N) is 2. The van der Waals surface area contributed by atoms with E-state index in [1.807, 2.05) is 6.07 Å². The maximum atomic E-state index is 12.1. The third kappa shape index (κ3) is 2.33. The number of nitrogen functional groups attached to an aromatic ring is 1. The zero-order valence-corrected chi connectivity index (χ0v) is 11.7. The second-order valence-corrected chi connectivity index (χ2v) is 5.50. The summed E-state index contributed by atoms with van der Waals surface area (Å²) in [6.45, 7) is 0.184. The topological polar surface area (TPSA) is 94.0 Å². The van der Waals surface area contributed by atoms with E-state index in [2.05, 4.69) is 20.0 Å². The first-order chi connectivity index (χ1) is 9.65. The Balaban J connectivity index is 1.86. The summed E-state index contributed by atoms with van der Waals surface area (Å²) >= 11 is 7.25. The molecule has 0 aliphatic heterocycles. The lowest BCUT2D eigenvalue weighted by atomic mass is 10.2. The molecule has 2 heterocycles. The number of anilines is 1. The van der Waals surface area contributed by atoms with Crippen LogP contribution in [0.2, 0.25) is 5.02 Å². The summed E-state index contributed by atoms with van der Waals surface area (Å²) in [5.74, 6) is 0.130. The number of nitrogens with one attached hydrogen (secondary N) is 1. The lowest BCUT2D eigenvalue weighted by Gasteiger charge is -2.00. The third-order valence-electron chi connectivity index (χ3n) is 2.71. The highest BCUT2D eigenvalue weighted by molar-refractivity contribution is 7.21. The van der Waals surface area contributed by atoms with E-state index in [0.29, 0.717) is 21.4 Å². The molecule has 0 atom stereocenters. The summed E-state index contributed by atoms with van der Waals surface area (Å²) in [6, 6.07) is 5.36. The molecule has 3 aromatic rings. The average molecular weight is 309 g/mol. The van der Waals surface area contributed by atoms with Gasteiger partial charge in [0, 0.05) is 15.1 Å². The Labute approximate surface area is 122 Å². The Morgan fingerprint density at radius 1 is 1.50 bits per heavy atom. The van der Waals surface area contributed by atoms with Crippen LogP contribution in [0.5, 0.6) is 0 Å². The molecule has 2 aromatic heterocycles. The van der Waals surface area contributed by atoms with E-state index in [4.69, 9.17) is 17.3 Å². The molecule has 0 unspecified atom stereocenters. The molecule has 0 saturated heterocycles. The molecule has 0 saturated carbocycles. The number of fused-ring (bicyclic) bond motifs is 1. The number of rotatable bonds is 3. The first-order valence-corrected chi connectivity index (χ1v) is 6.85. The predicted molar refractivity (Wildman–Crippen MR) is 76.7 cm³/mol. The number of aromatic nitrogens is 2. The molecule has 6 nitrogen and oxygen atoms in total. The normalized spacial score (nSPS) is 10.8. The molecule has 20 heavy (non-hydrogen) atoms. The van der Waals surface area contributed by atoms with Gasteiger partial charge in [-0.2, -0.15) is 4.98 Å². The molecule has 102 valence electrons. The van der Waals surface area contributed by atoms with Crippen LogP contribution in [0.1, 0.15) is 15.5 Å². The van der Waals surface area contributed by atoms with E-state index in [9.17, 15) is 4.79 Å². The average Bonchev–Trinajstić information content (AvgIpc) is 3.05. The van der Waals surface area contributed by atoms with Gasteiger partial charge in [-0.1, -0.05) is 16.8 Å². The highest BCUT2D eigenvalue weighted by Crippen LogP contribution is 2.35. The maximum Gasteiger partial charge on any atom is 0.263 e. The summed E-state index contributed by atoms with van der Waals surface area (Å²) < 4.78 is 5.50. The van der Waals surface area contributed by atoms with E-state index in [-0.39, 0.29) is 12.5 Å². The number of benzene rings is 1. The molecule has 0 bridgehead atoms. The molecular formula is C12H9ClN4O2S. The van der Waals surface area contributed by atoms with Crippen molar-refractivity contribution in [2.75, 3.05) is 5.73 Å². The first-order valence-electron chi connectivity index (χ1n) is 5.66. The molecule has 0 aliphatic rings. The van der Waals surface area contributed by atoms with Crippen LogP contribution in [0.25, 0.3) is 10.1 Å². The van der Waals surface area contributed by atoms with Crippen LogP contribution < -0.4 is 11.1 Å². The second kappa shape index (κ2) is 5.10. The van der Waals surface area contributed by atoms with Crippen LogP contribution in [0.3, 0.4) is 0 Å². The van der Waals surface area contributed by atoms with Crippen molar-refractivity contribution in [1.29, 1.82) is 0 Å². The zero-order chi connectivity index (χ0) is 14.1. The van der Waals surface area contributed by atoms with Gasteiger partial charge >= 0.3 is 0 Å². The van der Waals surface area contributed by atoms with Gasteiger partial charge in [-0.3, -0.25) is 4.79 Å². The van der Waals surface area contributed by atoms with Gasteiger partial charge in [0.05, 0.1) is 12.2 Å². The molecule has 0 radical (unpaired) electrons. The molecule has 3 rings (SSSR count). The highest BCUT2D eigenvalue weighted by atomic mass is 35.5. The van der Waals surface area contributed by atoms with Gasteiger partial charge in [0.15, 0.2) is 5.82 Å². The fraction of sp³-hybridized carbons (Fsp3) is 0.0833. The third-order valence-corrected chi connectivity index (χ3v) is 4.13. The van der Waals surface area contributed by atoms with Crippen LogP contribution in [0.4, 0.5) is 5.69 Å². The van der Waals surface area contributed by atoms with Crippen LogP contribution in [-0.4, -0.2) is 16.0 Å². The maximum absolute atomic E-state index is 12.1. The van der Waals surface area contributed by atoms with E-state index in [0.717, 1.165) is 10.1 Å². The van der Waals surface area contributed by atoms with Gasteiger partial charge in [0.25, 0.3) is 5.91 Å². The summed E-state index contributed by atoms with van der Waals surface area (Å²) in [7, 11) is 0.